The lowest BCUT2D eigenvalue weighted by Gasteiger charge is -2.25. The number of hydrogen-bond acceptors (Lipinski definition) is 8. The number of benzene rings is 4. The van der Waals surface area contributed by atoms with Crippen molar-refractivity contribution in [2.24, 2.45) is 9.98 Å². The highest BCUT2D eigenvalue weighted by atomic mass is 31.1. The van der Waals surface area contributed by atoms with Gasteiger partial charge in [0.1, 0.15) is 38.5 Å². The summed E-state index contributed by atoms with van der Waals surface area (Å²) in [7, 11) is 0.531. The van der Waals surface area contributed by atoms with E-state index in [0.717, 1.165) is 22.9 Å². The van der Waals surface area contributed by atoms with Gasteiger partial charge in [-0.1, -0.05) is 121 Å². The van der Waals surface area contributed by atoms with Crippen LogP contribution >= 0.6 is 8.88 Å². The van der Waals surface area contributed by atoms with Gasteiger partial charge in [0.05, 0.1) is 21.0 Å². The molecule has 8 nitrogen and oxygen atoms in total. The van der Waals surface area contributed by atoms with Crippen molar-refractivity contribution < 1.29 is 18.9 Å². The SMILES string of the molecule is c1ccc([C@H]2COC(C3=N[C@@H](c4ccccc4)CO3)=N2)cc1.c1ccc([C@H]2COC3=C4OC[C@H](c5ccccc5)N4PN32)cc1. The smallest absolute Gasteiger partial charge is 0.273 e. The minimum atomic E-state index is 0.0262. The molecule has 0 spiro atoms. The van der Waals surface area contributed by atoms with Crippen molar-refractivity contribution in [2.45, 2.75) is 24.2 Å². The van der Waals surface area contributed by atoms with Crippen LogP contribution in [0.3, 0.4) is 0 Å². The number of fused-ring (bicyclic) bond motifs is 2. The molecular formula is C36H33N4O4P. The average molecular weight is 617 g/mol. The van der Waals surface area contributed by atoms with E-state index in [9.17, 15) is 0 Å². The zero-order chi connectivity index (χ0) is 30.0. The number of rotatable bonds is 5. The van der Waals surface area contributed by atoms with Gasteiger partial charge in [-0.05, 0) is 22.3 Å². The largest absolute Gasteiger partial charge is 0.473 e. The maximum absolute atomic E-state index is 5.99. The molecule has 4 aromatic carbocycles. The average Bonchev–Trinajstić information content (AvgIpc) is 3.95. The van der Waals surface area contributed by atoms with Crippen LogP contribution in [-0.2, 0) is 18.9 Å². The van der Waals surface area contributed by atoms with E-state index in [2.05, 4.69) is 104 Å². The third-order valence-corrected chi connectivity index (χ3v) is 9.90. The molecule has 2 fully saturated rings. The second-order valence-electron chi connectivity index (χ2n) is 11.3. The molecule has 2 saturated heterocycles. The maximum Gasteiger partial charge on any atom is 0.273 e. The molecule has 0 unspecified atom stereocenters. The van der Waals surface area contributed by atoms with E-state index >= 15 is 0 Å². The molecule has 5 aliphatic heterocycles. The highest BCUT2D eigenvalue weighted by molar-refractivity contribution is 7.33. The highest BCUT2D eigenvalue weighted by Gasteiger charge is 2.48. The monoisotopic (exact) mass is 616 g/mol. The van der Waals surface area contributed by atoms with Crippen LogP contribution < -0.4 is 0 Å². The van der Waals surface area contributed by atoms with Crippen LogP contribution in [0, 0.1) is 0 Å². The first-order valence-corrected chi connectivity index (χ1v) is 16.2. The molecule has 9 rings (SSSR count). The van der Waals surface area contributed by atoms with E-state index in [1.165, 1.54) is 11.1 Å². The van der Waals surface area contributed by atoms with Crippen LogP contribution in [0.25, 0.3) is 0 Å². The van der Waals surface area contributed by atoms with Crippen molar-refractivity contribution >= 4 is 20.7 Å². The first-order valence-electron chi connectivity index (χ1n) is 15.3. The molecule has 0 aromatic heterocycles. The predicted molar refractivity (Wildman–Crippen MR) is 174 cm³/mol. The summed E-state index contributed by atoms with van der Waals surface area (Å²) in [5.74, 6) is 2.87. The Balaban J connectivity index is 0.000000134. The standard InChI is InChI=1S/C18H17N2O2P.C18H16N2O2/c1-3-7-13(8-4-1)15-11-21-17-18-20(23-19(15)17)16(12-22-18)14-9-5-2-6-10-14;1-3-7-13(8-4-1)15-11-21-17(19-15)18-20-16(12-22-18)14-9-5-2-6-10-14/h1-10,15-16,23H,11-12H2;1-10,15-16H,11-12H2/t2*15-,16-/m11/s1. The summed E-state index contributed by atoms with van der Waals surface area (Å²) in [6, 6.07) is 42.0. The molecule has 5 aliphatic rings. The minimum Gasteiger partial charge on any atom is -0.473 e. The van der Waals surface area contributed by atoms with E-state index in [-0.39, 0.29) is 24.2 Å². The summed E-state index contributed by atoms with van der Waals surface area (Å²) in [6.07, 6.45) is 0. The van der Waals surface area contributed by atoms with Gasteiger partial charge < -0.3 is 18.9 Å². The molecule has 0 bridgehead atoms. The third kappa shape index (κ3) is 5.51. The van der Waals surface area contributed by atoms with Gasteiger partial charge in [0, 0.05) is 0 Å². The van der Waals surface area contributed by atoms with Gasteiger partial charge in [-0.25, -0.2) is 9.98 Å². The third-order valence-electron chi connectivity index (χ3n) is 8.44. The molecule has 9 heteroatoms. The predicted octanol–water partition coefficient (Wildman–Crippen LogP) is 7.11. The van der Waals surface area contributed by atoms with E-state index < -0.39 is 0 Å². The molecule has 0 saturated carbocycles. The summed E-state index contributed by atoms with van der Waals surface area (Å²) in [6.45, 7) is 2.47. The van der Waals surface area contributed by atoms with Crippen LogP contribution in [0.4, 0.5) is 0 Å². The second kappa shape index (κ2) is 12.3. The highest BCUT2D eigenvalue weighted by Crippen LogP contribution is 2.57. The van der Waals surface area contributed by atoms with Crippen molar-refractivity contribution in [1.82, 2.24) is 9.34 Å². The maximum atomic E-state index is 5.99. The molecule has 45 heavy (non-hydrogen) atoms. The van der Waals surface area contributed by atoms with E-state index in [1.807, 2.05) is 36.4 Å². The lowest BCUT2D eigenvalue weighted by Crippen LogP contribution is -2.17. The lowest BCUT2D eigenvalue weighted by atomic mass is 10.1. The molecule has 4 aromatic rings. The van der Waals surface area contributed by atoms with Crippen molar-refractivity contribution in [3.8, 4) is 0 Å². The van der Waals surface area contributed by atoms with Gasteiger partial charge in [-0.15, -0.1) is 0 Å². The Hall–Kier alpha value is -4.81. The molecule has 0 aliphatic carbocycles. The Morgan fingerprint density at radius 3 is 1.18 bits per heavy atom. The molecule has 0 amide bonds. The van der Waals surface area contributed by atoms with Gasteiger partial charge in [0.25, 0.3) is 23.6 Å². The van der Waals surface area contributed by atoms with E-state index in [4.69, 9.17) is 18.9 Å². The second-order valence-corrected chi connectivity index (χ2v) is 12.4. The molecule has 0 radical (unpaired) electrons. The van der Waals surface area contributed by atoms with Crippen LogP contribution in [0.1, 0.15) is 46.4 Å². The van der Waals surface area contributed by atoms with Crippen LogP contribution in [-0.4, -0.2) is 47.6 Å². The fourth-order valence-corrected chi connectivity index (χ4v) is 7.54. The van der Waals surface area contributed by atoms with Gasteiger partial charge in [0.2, 0.25) is 0 Å². The van der Waals surface area contributed by atoms with Gasteiger partial charge >= 0.3 is 0 Å². The lowest BCUT2D eigenvalue weighted by molar-refractivity contribution is 0.189. The number of hydrogen-bond donors (Lipinski definition) is 0. The Bertz CT molecular complexity index is 1590. The summed E-state index contributed by atoms with van der Waals surface area (Å²) < 4.78 is 28.0. The summed E-state index contributed by atoms with van der Waals surface area (Å²) in [5.41, 5.74) is 4.90. The van der Waals surface area contributed by atoms with Crippen molar-refractivity contribution in [3.63, 3.8) is 0 Å². The van der Waals surface area contributed by atoms with Gasteiger partial charge in [0.15, 0.2) is 0 Å². The molecular weight excluding hydrogens is 583 g/mol. The Labute approximate surface area is 264 Å². The fraction of sp³-hybridized carbons (Fsp3) is 0.222. The number of aliphatic imine (C=N–C) groups is 2. The Morgan fingerprint density at radius 2 is 0.800 bits per heavy atom. The zero-order valence-corrected chi connectivity index (χ0v) is 25.6. The minimum absolute atomic E-state index is 0.0262. The topological polar surface area (TPSA) is 68.1 Å². The summed E-state index contributed by atoms with van der Waals surface area (Å²) >= 11 is 0. The first kappa shape index (κ1) is 27.7. The quantitative estimate of drug-likeness (QED) is 0.223. The summed E-state index contributed by atoms with van der Waals surface area (Å²) in [4.78, 5) is 9.21. The van der Waals surface area contributed by atoms with E-state index in [0.29, 0.717) is 47.1 Å². The van der Waals surface area contributed by atoms with E-state index in [1.54, 1.807) is 0 Å². The zero-order valence-electron chi connectivity index (χ0n) is 24.6. The normalized spacial score (nSPS) is 24.4. The van der Waals surface area contributed by atoms with Gasteiger partial charge in [-0.2, -0.15) is 0 Å². The van der Waals surface area contributed by atoms with Crippen molar-refractivity contribution in [3.05, 3.63) is 155 Å². The number of ether oxygens (including phenoxy) is 4. The van der Waals surface area contributed by atoms with Gasteiger partial charge in [-0.3, -0.25) is 9.34 Å². The van der Waals surface area contributed by atoms with Crippen LogP contribution in [0.2, 0.25) is 0 Å². The van der Waals surface area contributed by atoms with Crippen LogP contribution in [0.15, 0.2) is 143 Å². The number of nitrogens with zero attached hydrogens (tertiary/aromatic N) is 4. The van der Waals surface area contributed by atoms with Crippen molar-refractivity contribution in [2.75, 3.05) is 26.4 Å². The Morgan fingerprint density at radius 1 is 0.444 bits per heavy atom. The molecule has 226 valence electrons. The summed E-state index contributed by atoms with van der Waals surface area (Å²) in [5, 5.41) is 0. The molecule has 4 atom stereocenters. The molecule has 5 heterocycles. The van der Waals surface area contributed by atoms with Crippen molar-refractivity contribution in [1.29, 1.82) is 0 Å². The van der Waals surface area contributed by atoms with Crippen LogP contribution in [0.5, 0.6) is 0 Å². The first-order chi connectivity index (χ1) is 22.3. The Kier molecular flexibility index (Phi) is 7.57. The molecule has 0 N–H and O–H groups in total. The fourth-order valence-electron chi connectivity index (χ4n) is 6.08.